The van der Waals surface area contributed by atoms with Gasteiger partial charge in [-0.2, -0.15) is 0 Å². The molecule has 3 N–H and O–H groups in total. The van der Waals surface area contributed by atoms with Gasteiger partial charge in [-0.3, -0.25) is 0 Å². The topological polar surface area (TPSA) is 46.2 Å². The second kappa shape index (κ2) is 5.50. The zero-order valence-corrected chi connectivity index (χ0v) is 11.2. The van der Waals surface area contributed by atoms with Crippen molar-refractivity contribution in [3.8, 4) is 5.75 Å². The Morgan fingerprint density at radius 2 is 2.00 bits per heavy atom. The van der Waals surface area contributed by atoms with Crippen molar-refractivity contribution in [3.63, 3.8) is 0 Å². The van der Waals surface area contributed by atoms with Crippen LogP contribution in [0.2, 0.25) is 0 Å². The van der Waals surface area contributed by atoms with Gasteiger partial charge < -0.3 is 10.8 Å². The van der Waals surface area contributed by atoms with Gasteiger partial charge in [0.05, 0.1) is 0 Å². The number of aromatic hydroxyl groups is 1. The fourth-order valence-corrected chi connectivity index (χ4v) is 2.33. The Morgan fingerprint density at radius 1 is 1.22 bits per heavy atom. The lowest BCUT2D eigenvalue weighted by Crippen LogP contribution is -2.13. The van der Waals surface area contributed by atoms with Gasteiger partial charge in [-0.25, -0.2) is 4.39 Å². The Labute approximate surface area is 113 Å². The molecule has 0 spiro atoms. The van der Waals surface area contributed by atoms with E-state index in [1.807, 2.05) is 6.07 Å². The Morgan fingerprint density at radius 3 is 2.67 bits per heavy atom. The molecule has 0 heterocycles. The highest BCUT2D eigenvalue weighted by molar-refractivity contribution is 9.10. The van der Waals surface area contributed by atoms with Gasteiger partial charge in [0.2, 0.25) is 0 Å². The number of halogens is 2. The summed E-state index contributed by atoms with van der Waals surface area (Å²) in [5.41, 5.74) is 7.69. The third-order valence-corrected chi connectivity index (χ3v) is 3.14. The molecule has 0 saturated heterocycles. The van der Waals surface area contributed by atoms with E-state index in [1.165, 1.54) is 12.1 Å². The summed E-state index contributed by atoms with van der Waals surface area (Å²) >= 11 is 3.24. The maximum Gasteiger partial charge on any atom is 0.124 e. The zero-order valence-electron chi connectivity index (χ0n) is 9.61. The first-order valence-corrected chi connectivity index (χ1v) is 6.33. The Kier molecular flexibility index (Phi) is 3.99. The molecule has 4 heteroatoms. The third-order valence-electron chi connectivity index (χ3n) is 2.68. The summed E-state index contributed by atoms with van der Waals surface area (Å²) in [6, 6.07) is 11.2. The number of benzene rings is 2. The molecule has 94 valence electrons. The molecule has 1 unspecified atom stereocenters. The highest BCUT2D eigenvalue weighted by atomic mass is 79.9. The van der Waals surface area contributed by atoms with Crippen molar-refractivity contribution in [1.82, 2.24) is 0 Å². The molecule has 0 fully saturated rings. The number of hydrogen-bond donors (Lipinski definition) is 2. The highest BCUT2D eigenvalue weighted by Crippen LogP contribution is 2.22. The van der Waals surface area contributed by atoms with Gasteiger partial charge in [-0.05, 0) is 47.9 Å². The number of hydrogen-bond acceptors (Lipinski definition) is 2. The summed E-state index contributed by atoms with van der Waals surface area (Å²) in [7, 11) is 0. The molecule has 0 aliphatic rings. The van der Waals surface area contributed by atoms with Crippen molar-refractivity contribution in [1.29, 1.82) is 0 Å². The molecule has 1 atom stereocenters. The van der Waals surface area contributed by atoms with Gasteiger partial charge in [-0.15, -0.1) is 0 Å². The van der Waals surface area contributed by atoms with Crippen LogP contribution in [0.15, 0.2) is 46.9 Å². The molecule has 18 heavy (non-hydrogen) atoms. The molecule has 0 radical (unpaired) electrons. The first kappa shape index (κ1) is 13.1. The minimum absolute atomic E-state index is 0.208. The molecule has 2 nitrogen and oxygen atoms in total. The summed E-state index contributed by atoms with van der Waals surface area (Å²) < 4.78 is 13.9. The lowest BCUT2D eigenvalue weighted by atomic mass is 9.99. The van der Waals surface area contributed by atoms with Gasteiger partial charge in [-0.1, -0.05) is 28.1 Å². The van der Waals surface area contributed by atoms with E-state index in [-0.39, 0.29) is 17.6 Å². The fraction of sp³-hybridized carbons (Fsp3) is 0.143. The van der Waals surface area contributed by atoms with Crippen LogP contribution in [0.5, 0.6) is 5.75 Å². The molecule has 2 aromatic rings. The van der Waals surface area contributed by atoms with Crippen LogP contribution in [-0.2, 0) is 6.42 Å². The van der Waals surface area contributed by atoms with Gasteiger partial charge in [0.15, 0.2) is 0 Å². The number of phenols is 1. The van der Waals surface area contributed by atoms with Gasteiger partial charge in [0.25, 0.3) is 0 Å². The van der Waals surface area contributed by atoms with E-state index in [0.29, 0.717) is 10.9 Å². The normalized spacial score (nSPS) is 12.4. The smallest absolute Gasteiger partial charge is 0.124 e. The molecular weight excluding hydrogens is 297 g/mol. The monoisotopic (exact) mass is 309 g/mol. The predicted octanol–water partition coefficient (Wildman–Crippen LogP) is 3.54. The van der Waals surface area contributed by atoms with E-state index in [0.717, 1.165) is 11.1 Å². The Bertz CT molecular complexity index is 539. The van der Waals surface area contributed by atoms with Crippen LogP contribution in [0.1, 0.15) is 17.2 Å². The summed E-state index contributed by atoms with van der Waals surface area (Å²) in [5, 5.41) is 9.38. The van der Waals surface area contributed by atoms with Crippen LogP contribution in [0.4, 0.5) is 4.39 Å². The molecule has 0 bridgehead atoms. The largest absolute Gasteiger partial charge is 0.508 e. The first-order chi connectivity index (χ1) is 8.54. The second-order valence-corrected chi connectivity index (χ2v) is 5.10. The molecule has 0 aliphatic heterocycles. The summed E-state index contributed by atoms with van der Waals surface area (Å²) in [5.74, 6) is -0.106. The zero-order chi connectivity index (χ0) is 13.1. The summed E-state index contributed by atoms with van der Waals surface area (Å²) in [6.07, 6.45) is 0.546. The SMILES string of the molecule is NC(Cc1cccc(O)c1)c1cc(F)cc(Br)c1. The number of phenolic OH excluding ortho intramolecular Hbond substituents is 1. The molecule has 0 aromatic heterocycles. The minimum atomic E-state index is -0.314. The average Bonchev–Trinajstić information content (AvgIpc) is 2.27. The highest BCUT2D eigenvalue weighted by Gasteiger charge is 2.09. The van der Waals surface area contributed by atoms with E-state index in [1.54, 1.807) is 24.3 Å². The summed E-state index contributed by atoms with van der Waals surface area (Å²) in [4.78, 5) is 0. The lowest BCUT2D eigenvalue weighted by Gasteiger charge is -2.13. The van der Waals surface area contributed by atoms with Crippen LogP contribution < -0.4 is 5.73 Å². The lowest BCUT2D eigenvalue weighted by molar-refractivity contribution is 0.474. The van der Waals surface area contributed by atoms with E-state index in [2.05, 4.69) is 15.9 Å². The molecule has 0 aliphatic carbocycles. The standard InChI is InChI=1S/C14H13BrFNO/c15-11-6-10(7-12(16)8-11)14(17)5-9-2-1-3-13(18)4-9/h1-4,6-8,14,18H,5,17H2. The van der Waals surface area contributed by atoms with E-state index in [4.69, 9.17) is 5.73 Å². The quantitative estimate of drug-likeness (QED) is 0.911. The summed E-state index contributed by atoms with van der Waals surface area (Å²) in [6.45, 7) is 0. The minimum Gasteiger partial charge on any atom is -0.508 e. The van der Waals surface area contributed by atoms with Crippen LogP contribution in [0, 0.1) is 5.82 Å². The van der Waals surface area contributed by atoms with Crippen molar-refractivity contribution >= 4 is 15.9 Å². The number of nitrogens with two attached hydrogens (primary N) is 1. The first-order valence-electron chi connectivity index (χ1n) is 5.54. The van der Waals surface area contributed by atoms with Gasteiger partial charge >= 0.3 is 0 Å². The maximum absolute atomic E-state index is 13.3. The number of rotatable bonds is 3. The van der Waals surface area contributed by atoms with Crippen LogP contribution in [0.25, 0.3) is 0 Å². The maximum atomic E-state index is 13.3. The third kappa shape index (κ3) is 3.31. The van der Waals surface area contributed by atoms with E-state index in [9.17, 15) is 9.50 Å². The van der Waals surface area contributed by atoms with Crippen LogP contribution >= 0.6 is 15.9 Å². The van der Waals surface area contributed by atoms with Crippen molar-refractivity contribution in [2.24, 2.45) is 5.73 Å². The van der Waals surface area contributed by atoms with Crippen LogP contribution in [-0.4, -0.2) is 5.11 Å². The second-order valence-electron chi connectivity index (χ2n) is 4.18. The Hall–Kier alpha value is -1.39. The van der Waals surface area contributed by atoms with Crippen molar-refractivity contribution in [2.45, 2.75) is 12.5 Å². The predicted molar refractivity (Wildman–Crippen MR) is 72.8 cm³/mol. The fourth-order valence-electron chi connectivity index (χ4n) is 1.84. The molecule has 0 saturated carbocycles. The van der Waals surface area contributed by atoms with Gasteiger partial charge in [0.1, 0.15) is 11.6 Å². The van der Waals surface area contributed by atoms with Crippen molar-refractivity contribution in [2.75, 3.05) is 0 Å². The molecular formula is C14H13BrFNO. The van der Waals surface area contributed by atoms with E-state index < -0.39 is 0 Å². The Balaban J connectivity index is 2.19. The van der Waals surface area contributed by atoms with Crippen molar-refractivity contribution in [3.05, 3.63) is 63.9 Å². The molecule has 0 amide bonds. The van der Waals surface area contributed by atoms with Crippen LogP contribution in [0.3, 0.4) is 0 Å². The van der Waals surface area contributed by atoms with Gasteiger partial charge in [0, 0.05) is 10.5 Å². The van der Waals surface area contributed by atoms with Crippen molar-refractivity contribution < 1.29 is 9.50 Å². The molecule has 2 aromatic carbocycles. The van der Waals surface area contributed by atoms with E-state index >= 15 is 0 Å². The molecule has 2 rings (SSSR count). The average molecular weight is 310 g/mol.